The van der Waals surface area contributed by atoms with Crippen molar-refractivity contribution in [2.75, 3.05) is 26.6 Å². The number of nitrogens with one attached hydrogen (secondary N) is 1. The molecule has 0 spiro atoms. The number of hydrogen-bond acceptors (Lipinski definition) is 18. The maximum Gasteiger partial charge on any atom is 0.408 e. The second-order valence-electron chi connectivity index (χ2n) is 17.6. The molecule has 19 nitrogen and oxygen atoms in total. The van der Waals surface area contributed by atoms with Crippen LogP contribution in [0, 0.1) is 16.7 Å². The lowest BCUT2D eigenvalue weighted by Crippen LogP contribution is -2.82. The molecule has 0 unspecified atom stereocenters. The minimum absolute atomic E-state index is 0.0146. The normalized spacial score (nSPS) is 31.4. The van der Waals surface area contributed by atoms with Crippen LogP contribution in [0.3, 0.4) is 0 Å². The molecule has 19 heteroatoms. The molecule has 64 heavy (non-hydrogen) atoms. The lowest BCUT2D eigenvalue weighted by molar-refractivity contribution is -0.351. The number of furan rings is 1. The highest BCUT2D eigenvalue weighted by Gasteiger charge is 2.78. The largest absolute Gasteiger partial charge is 0.467 e. The van der Waals surface area contributed by atoms with Gasteiger partial charge in [0.1, 0.15) is 42.5 Å². The third-order valence-corrected chi connectivity index (χ3v) is 13.0. The Morgan fingerprint density at radius 2 is 1.67 bits per heavy atom. The van der Waals surface area contributed by atoms with Crippen LogP contribution in [0.4, 0.5) is 4.79 Å². The van der Waals surface area contributed by atoms with Gasteiger partial charge in [-0.1, -0.05) is 32.0 Å². The number of Topliss-reactive ketones (excluding diaryl/α,β-unsaturated/α-hetero) is 1. The van der Waals surface area contributed by atoms with Gasteiger partial charge in [0.2, 0.25) is 0 Å². The van der Waals surface area contributed by atoms with Gasteiger partial charge in [0, 0.05) is 32.1 Å². The lowest BCUT2D eigenvalue weighted by atomic mass is 9.44. The molecule has 4 aliphatic rings. The van der Waals surface area contributed by atoms with Gasteiger partial charge in [0.15, 0.2) is 23.6 Å². The van der Waals surface area contributed by atoms with Crippen LogP contribution >= 0.6 is 0 Å². The topological polar surface area (TPSA) is 262 Å². The Bertz CT molecular complexity index is 2100. The van der Waals surface area contributed by atoms with E-state index in [1.54, 1.807) is 45.9 Å². The number of carbonyl (C=O) groups excluding carboxylic acids is 6. The van der Waals surface area contributed by atoms with E-state index in [2.05, 4.69) is 5.32 Å². The van der Waals surface area contributed by atoms with Gasteiger partial charge < -0.3 is 62.9 Å². The van der Waals surface area contributed by atoms with Gasteiger partial charge in [0.05, 0.1) is 55.2 Å². The minimum atomic E-state index is -2.42. The maximum atomic E-state index is 15.9. The number of benzene rings is 1. The zero-order valence-electron chi connectivity index (χ0n) is 37.0. The Kier molecular flexibility index (Phi) is 14.1. The van der Waals surface area contributed by atoms with Crippen molar-refractivity contribution in [3.63, 3.8) is 0 Å². The quantitative estimate of drug-likeness (QED) is 0.0658. The molecular weight excluding hydrogens is 842 g/mol. The van der Waals surface area contributed by atoms with Crippen LogP contribution < -0.4 is 5.32 Å². The predicted octanol–water partition coefficient (Wildman–Crippen LogP) is 3.02. The van der Waals surface area contributed by atoms with Crippen LogP contribution in [0.2, 0.25) is 0 Å². The average Bonchev–Trinajstić information content (AvgIpc) is 3.76. The first-order chi connectivity index (χ1) is 30.1. The summed E-state index contributed by atoms with van der Waals surface area (Å²) in [5.74, 6) is -6.33. The lowest BCUT2D eigenvalue weighted by Gasteiger charge is -2.67. The van der Waals surface area contributed by atoms with Crippen molar-refractivity contribution in [3.05, 3.63) is 71.2 Å². The number of carbonyl (C=O) groups is 6. The second-order valence-corrected chi connectivity index (χ2v) is 17.6. The number of esters is 4. The van der Waals surface area contributed by atoms with E-state index in [9.17, 15) is 39.3 Å². The molecule has 4 N–H and O–H groups in total. The van der Waals surface area contributed by atoms with Gasteiger partial charge in [-0.2, -0.15) is 0 Å². The first kappa shape index (κ1) is 48.3. The van der Waals surface area contributed by atoms with Crippen LogP contribution in [0.15, 0.2) is 64.3 Å². The average molecular weight is 900 g/mol. The second kappa shape index (κ2) is 18.7. The minimum Gasteiger partial charge on any atom is -0.467 e. The molecule has 0 radical (unpaired) electrons. The van der Waals surface area contributed by atoms with Crippen LogP contribution in [0.1, 0.15) is 90.4 Å². The molecule has 2 heterocycles. The molecular formula is C45H57NO18. The van der Waals surface area contributed by atoms with E-state index < -0.39 is 126 Å². The van der Waals surface area contributed by atoms with Gasteiger partial charge >= 0.3 is 30.0 Å². The molecule has 3 aliphatic carbocycles. The van der Waals surface area contributed by atoms with Crippen molar-refractivity contribution in [2.24, 2.45) is 16.7 Å². The number of ether oxygens (including phenoxy) is 8. The summed E-state index contributed by atoms with van der Waals surface area (Å²) in [5.41, 5.74) is -7.69. The third-order valence-electron chi connectivity index (χ3n) is 13.0. The summed E-state index contributed by atoms with van der Waals surface area (Å²) in [6, 6.07) is 9.16. The van der Waals surface area contributed by atoms with Crippen LogP contribution in [-0.4, -0.2) is 132 Å². The number of ketones is 1. The maximum absolute atomic E-state index is 15.9. The monoisotopic (exact) mass is 899 g/mol. The third kappa shape index (κ3) is 8.68. The fourth-order valence-electron chi connectivity index (χ4n) is 9.99. The van der Waals surface area contributed by atoms with E-state index in [1.165, 1.54) is 44.4 Å². The highest BCUT2D eigenvalue weighted by atomic mass is 16.7. The number of aliphatic hydroxyl groups excluding tert-OH is 2. The molecule has 11 atom stereocenters. The first-order valence-corrected chi connectivity index (χ1v) is 21.1. The molecule has 350 valence electrons. The summed E-state index contributed by atoms with van der Waals surface area (Å²) in [4.78, 5) is 83.5. The molecule has 1 aliphatic heterocycles. The van der Waals surface area contributed by atoms with E-state index in [4.69, 9.17) is 42.3 Å². The number of hydrogen-bond donors (Lipinski definition) is 4. The van der Waals surface area contributed by atoms with Gasteiger partial charge in [0.25, 0.3) is 0 Å². The SMILES string of the molecule is CC(=O)O[C@H]1C(=O)[C@]2(C)[C@@H](OCOCCO)C[C@H]3OC[C@@]3(OC(C)=O)[C@H]2[C@H](OC(=O)c2ccccc2)[C@]2(O)C[C@H](OC(=O)[C@H](O)[C@H](NC(=O)OC(C)C)c3ccco3)C(C)=C1C2(C)C. The molecule has 2 bridgehead atoms. The standard InChI is InChI=1S/C45H57NO18/c1-23(2)60-41(54)46-33(28-15-12-17-57-28)34(50)40(53)62-29-20-45(55)38(63-39(52)27-13-10-9-11-14-27)36-43(8,37(51)35(61-25(4)48)32(24(29)3)42(45,6)7)30(59-22-56-18-16-47)19-31-44(36,21-58-31)64-26(5)49/h9-15,17,23,29-31,33-36,38,47,50,55H,16,18-22H2,1-8H3,(H,46,54)/t29-,30-,31+,33+,34+,35+,36-,38-,43+,44-,45+/m0/s1. The number of aliphatic hydroxyl groups is 3. The molecule has 3 fully saturated rings. The molecule has 2 saturated carbocycles. The Balaban J connectivity index is 1.57. The summed E-state index contributed by atoms with van der Waals surface area (Å²) >= 11 is 0. The Morgan fingerprint density at radius 3 is 2.25 bits per heavy atom. The molecule has 1 saturated heterocycles. The molecule has 1 aromatic carbocycles. The van der Waals surface area contributed by atoms with Crippen molar-refractivity contribution in [1.82, 2.24) is 5.32 Å². The predicted molar refractivity (Wildman–Crippen MR) is 218 cm³/mol. The highest BCUT2D eigenvalue weighted by molar-refractivity contribution is 5.95. The summed E-state index contributed by atoms with van der Waals surface area (Å²) < 4.78 is 53.0. The van der Waals surface area contributed by atoms with E-state index >= 15 is 4.79 Å². The summed E-state index contributed by atoms with van der Waals surface area (Å²) in [6.07, 6.45) is -10.5. The van der Waals surface area contributed by atoms with Gasteiger partial charge in [-0.15, -0.1) is 0 Å². The van der Waals surface area contributed by atoms with Crippen molar-refractivity contribution in [3.8, 4) is 0 Å². The summed E-state index contributed by atoms with van der Waals surface area (Å²) in [6.45, 7) is 10.3. The zero-order valence-corrected chi connectivity index (χ0v) is 37.0. The first-order valence-electron chi connectivity index (χ1n) is 21.1. The molecule has 6 rings (SSSR count). The number of rotatable bonds is 15. The van der Waals surface area contributed by atoms with E-state index in [1.807, 2.05) is 0 Å². The van der Waals surface area contributed by atoms with E-state index in [-0.39, 0.29) is 48.7 Å². The Morgan fingerprint density at radius 1 is 0.969 bits per heavy atom. The Labute approximate surface area is 369 Å². The van der Waals surface area contributed by atoms with E-state index in [0.717, 1.165) is 13.8 Å². The van der Waals surface area contributed by atoms with Crippen molar-refractivity contribution < 1.29 is 86.4 Å². The van der Waals surface area contributed by atoms with Gasteiger partial charge in [-0.25, -0.2) is 14.4 Å². The molecule has 2 aromatic rings. The molecule has 1 amide bonds. The number of fused-ring (bicyclic) bond motifs is 5. The number of amides is 1. The van der Waals surface area contributed by atoms with Crippen LogP contribution in [0.5, 0.6) is 0 Å². The van der Waals surface area contributed by atoms with E-state index in [0.29, 0.717) is 0 Å². The van der Waals surface area contributed by atoms with Crippen molar-refractivity contribution in [2.45, 2.75) is 128 Å². The number of alkyl carbamates (subject to hydrolysis) is 1. The van der Waals surface area contributed by atoms with Crippen LogP contribution in [0.25, 0.3) is 0 Å². The highest BCUT2D eigenvalue weighted by Crippen LogP contribution is 2.65. The fraction of sp³-hybridized carbons (Fsp3) is 0.600. The fourth-order valence-corrected chi connectivity index (χ4v) is 9.99. The summed E-state index contributed by atoms with van der Waals surface area (Å²) in [5, 5.41) is 37.2. The van der Waals surface area contributed by atoms with Crippen molar-refractivity contribution in [1.29, 1.82) is 0 Å². The van der Waals surface area contributed by atoms with Crippen molar-refractivity contribution >= 4 is 35.8 Å². The smallest absolute Gasteiger partial charge is 0.408 e. The van der Waals surface area contributed by atoms with Gasteiger partial charge in [-0.3, -0.25) is 14.4 Å². The van der Waals surface area contributed by atoms with Crippen LogP contribution in [-0.2, 0) is 57.1 Å². The molecule has 1 aromatic heterocycles. The van der Waals surface area contributed by atoms with Gasteiger partial charge in [-0.05, 0) is 63.1 Å². The Hall–Kier alpha value is -5.18. The zero-order chi connectivity index (χ0) is 46.9. The summed E-state index contributed by atoms with van der Waals surface area (Å²) in [7, 11) is 0.